The molecule has 2 aromatic rings. The third-order valence-electron chi connectivity index (χ3n) is 8.36. The number of ether oxygens (including phenoxy) is 1. The van der Waals surface area contributed by atoms with Gasteiger partial charge in [0.2, 0.25) is 0 Å². The number of hydrogen-bond donors (Lipinski definition) is 0. The molecule has 0 amide bonds. The predicted molar refractivity (Wildman–Crippen MR) is 179 cm³/mol. The highest BCUT2D eigenvalue weighted by atomic mass is 16.5. The van der Waals surface area contributed by atoms with E-state index in [1.165, 1.54) is 128 Å². The maximum Gasteiger partial charge on any atom is 0.170 e. The molecule has 3 nitrogen and oxygen atoms in total. The van der Waals surface area contributed by atoms with Crippen LogP contribution < -0.4 is 4.74 Å². The zero-order chi connectivity index (χ0) is 30.1. The number of benzene rings is 2. The molecule has 2 rings (SSSR count). The molecular weight excluding hydrogens is 516 g/mol. The van der Waals surface area contributed by atoms with E-state index in [4.69, 9.17) is 4.74 Å². The minimum Gasteiger partial charge on any atom is -0.494 e. The van der Waals surface area contributed by atoms with E-state index in [0.29, 0.717) is 17.7 Å². The van der Waals surface area contributed by atoms with Crippen LogP contribution in [-0.2, 0) is 6.42 Å². The number of carbonyl (C=O) groups excluding carboxylic acids is 2. The zero-order valence-electron chi connectivity index (χ0n) is 27.1. The van der Waals surface area contributed by atoms with Crippen molar-refractivity contribution in [3.05, 3.63) is 65.2 Å². The van der Waals surface area contributed by atoms with Crippen molar-refractivity contribution in [2.24, 2.45) is 0 Å². The minimum absolute atomic E-state index is 0.101. The van der Waals surface area contributed by atoms with Crippen LogP contribution in [0.4, 0.5) is 0 Å². The van der Waals surface area contributed by atoms with E-state index >= 15 is 0 Å². The molecule has 0 N–H and O–H groups in total. The van der Waals surface area contributed by atoms with Gasteiger partial charge in [0, 0.05) is 11.1 Å². The number of unbranched alkanes of at least 4 members (excludes halogenated alkanes) is 18. The highest BCUT2D eigenvalue weighted by molar-refractivity contribution is 6.13. The molecule has 0 spiro atoms. The number of Topliss-reactive ketones (excluding diaryl/α,β-unsaturated/α-hetero) is 2. The number of hydrogen-bond acceptors (Lipinski definition) is 3. The van der Waals surface area contributed by atoms with Gasteiger partial charge in [0.1, 0.15) is 5.75 Å². The first-order valence-electron chi connectivity index (χ1n) is 17.5. The Morgan fingerprint density at radius 3 is 1.31 bits per heavy atom. The fraction of sp³-hybridized carbons (Fsp3) is 0.641. The van der Waals surface area contributed by atoms with Gasteiger partial charge in [0.25, 0.3) is 0 Å². The van der Waals surface area contributed by atoms with Gasteiger partial charge < -0.3 is 4.74 Å². The van der Waals surface area contributed by atoms with Crippen LogP contribution in [0.2, 0.25) is 0 Å². The van der Waals surface area contributed by atoms with Crippen LogP contribution in [0, 0.1) is 0 Å². The van der Waals surface area contributed by atoms with E-state index in [2.05, 4.69) is 13.8 Å². The highest BCUT2D eigenvalue weighted by Crippen LogP contribution is 2.18. The first kappa shape index (κ1) is 35.8. The van der Waals surface area contributed by atoms with Crippen molar-refractivity contribution in [2.45, 2.75) is 155 Å². The molecule has 0 aliphatic heterocycles. The van der Waals surface area contributed by atoms with E-state index in [1.807, 2.05) is 36.4 Å². The minimum atomic E-state index is -0.143. The standard InChI is InChI=1S/C39H60O3/c1-3-5-7-9-11-13-15-17-19-21-23-34-24-26-35(27-25-34)38(40)33-39(41)36-28-30-37(31-29-36)42-32-22-20-18-16-14-12-10-8-6-4-2/h24-31H,3-23,32-33H2,1-2H3. The average molecular weight is 577 g/mol. The Morgan fingerprint density at radius 2 is 0.857 bits per heavy atom. The Bertz CT molecular complexity index is 945. The summed E-state index contributed by atoms with van der Waals surface area (Å²) in [6.45, 7) is 5.23. The van der Waals surface area contributed by atoms with E-state index in [9.17, 15) is 9.59 Å². The van der Waals surface area contributed by atoms with Gasteiger partial charge in [0.15, 0.2) is 11.6 Å². The molecule has 0 bridgehead atoms. The normalized spacial score (nSPS) is 11.1. The monoisotopic (exact) mass is 576 g/mol. The molecule has 0 fully saturated rings. The van der Waals surface area contributed by atoms with Gasteiger partial charge in [-0.15, -0.1) is 0 Å². The maximum absolute atomic E-state index is 12.7. The third kappa shape index (κ3) is 16.9. The van der Waals surface area contributed by atoms with Crippen molar-refractivity contribution in [1.29, 1.82) is 0 Å². The van der Waals surface area contributed by atoms with Crippen LogP contribution in [-0.4, -0.2) is 18.2 Å². The predicted octanol–water partition coefficient (Wildman–Crippen LogP) is 11.9. The molecule has 0 atom stereocenters. The van der Waals surface area contributed by atoms with Crippen molar-refractivity contribution in [2.75, 3.05) is 6.61 Å². The molecule has 42 heavy (non-hydrogen) atoms. The molecule has 0 heterocycles. The molecule has 3 heteroatoms. The van der Waals surface area contributed by atoms with E-state index in [-0.39, 0.29) is 18.0 Å². The quantitative estimate of drug-likeness (QED) is 0.0603. The van der Waals surface area contributed by atoms with Gasteiger partial charge >= 0.3 is 0 Å². The molecule has 0 aliphatic carbocycles. The van der Waals surface area contributed by atoms with Crippen molar-refractivity contribution in [3.63, 3.8) is 0 Å². The van der Waals surface area contributed by atoms with Crippen LogP contribution >= 0.6 is 0 Å². The second-order valence-electron chi connectivity index (χ2n) is 12.2. The molecule has 0 saturated heterocycles. The largest absolute Gasteiger partial charge is 0.494 e. The summed E-state index contributed by atoms with van der Waals surface area (Å²) in [5, 5.41) is 0. The summed E-state index contributed by atoms with van der Waals surface area (Å²) in [6.07, 6.45) is 27.4. The fourth-order valence-electron chi connectivity index (χ4n) is 5.54. The second kappa shape index (κ2) is 24.1. The van der Waals surface area contributed by atoms with Crippen molar-refractivity contribution < 1.29 is 14.3 Å². The van der Waals surface area contributed by atoms with Gasteiger partial charge in [-0.2, -0.15) is 0 Å². The first-order valence-corrected chi connectivity index (χ1v) is 17.5. The lowest BCUT2D eigenvalue weighted by Crippen LogP contribution is -2.09. The Hall–Kier alpha value is -2.42. The van der Waals surface area contributed by atoms with Crippen LogP contribution in [0.15, 0.2) is 48.5 Å². The topological polar surface area (TPSA) is 43.4 Å². The van der Waals surface area contributed by atoms with Gasteiger partial charge in [0.05, 0.1) is 13.0 Å². The second-order valence-corrected chi connectivity index (χ2v) is 12.2. The van der Waals surface area contributed by atoms with E-state index in [0.717, 1.165) is 18.6 Å². The van der Waals surface area contributed by atoms with Crippen LogP contribution in [0.5, 0.6) is 5.75 Å². The summed E-state index contributed by atoms with van der Waals surface area (Å²) < 4.78 is 5.86. The van der Waals surface area contributed by atoms with Crippen molar-refractivity contribution in [1.82, 2.24) is 0 Å². The van der Waals surface area contributed by atoms with Gasteiger partial charge in [-0.05, 0) is 49.1 Å². The summed E-state index contributed by atoms with van der Waals surface area (Å²) in [6, 6.07) is 15.1. The van der Waals surface area contributed by atoms with Crippen LogP contribution in [0.1, 0.15) is 175 Å². The first-order chi connectivity index (χ1) is 20.6. The summed E-state index contributed by atoms with van der Waals surface area (Å²) in [5.74, 6) is 0.522. The molecule has 0 saturated carbocycles. The lowest BCUT2D eigenvalue weighted by molar-refractivity contribution is 0.0894. The van der Waals surface area contributed by atoms with Crippen LogP contribution in [0.3, 0.4) is 0 Å². The van der Waals surface area contributed by atoms with Crippen molar-refractivity contribution in [3.8, 4) is 5.75 Å². The summed E-state index contributed by atoms with van der Waals surface area (Å²) in [4.78, 5) is 25.5. The smallest absolute Gasteiger partial charge is 0.170 e. The van der Waals surface area contributed by atoms with E-state index in [1.54, 1.807) is 12.1 Å². The maximum atomic E-state index is 12.7. The van der Waals surface area contributed by atoms with Gasteiger partial charge in [-0.3, -0.25) is 9.59 Å². The Morgan fingerprint density at radius 1 is 0.476 bits per heavy atom. The number of rotatable bonds is 27. The molecular formula is C39H60O3. The lowest BCUT2D eigenvalue weighted by atomic mass is 9.99. The molecule has 0 aliphatic rings. The molecule has 234 valence electrons. The summed E-state index contributed by atoms with van der Waals surface area (Å²) in [7, 11) is 0. The van der Waals surface area contributed by atoms with E-state index < -0.39 is 0 Å². The average Bonchev–Trinajstić information content (AvgIpc) is 3.01. The summed E-state index contributed by atoms with van der Waals surface area (Å²) >= 11 is 0. The molecule has 0 radical (unpaired) electrons. The molecule has 2 aromatic carbocycles. The van der Waals surface area contributed by atoms with Gasteiger partial charge in [-0.1, -0.05) is 154 Å². The highest BCUT2D eigenvalue weighted by Gasteiger charge is 2.14. The molecule has 0 unspecified atom stereocenters. The van der Waals surface area contributed by atoms with Crippen molar-refractivity contribution >= 4 is 11.6 Å². The Labute approximate surface area is 258 Å². The Balaban J connectivity index is 1.56. The SMILES string of the molecule is CCCCCCCCCCCCOc1ccc(C(=O)CC(=O)c2ccc(CCCCCCCCCCCC)cc2)cc1. The number of aryl methyl sites for hydroxylation is 1. The fourth-order valence-corrected chi connectivity index (χ4v) is 5.54. The Kier molecular flexibility index (Phi) is 20.5. The number of carbonyl (C=O) groups is 2. The lowest BCUT2D eigenvalue weighted by Gasteiger charge is -2.08. The summed E-state index contributed by atoms with van der Waals surface area (Å²) in [5.41, 5.74) is 2.45. The van der Waals surface area contributed by atoms with Crippen LogP contribution in [0.25, 0.3) is 0 Å². The number of ketones is 2. The van der Waals surface area contributed by atoms with Gasteiger partial charge in [-0.25, -0.2) is 0 Å². The zero-order valence-corrected chi connectivity index (χ0v) is 27.1. The molecule has 0 aromatic heterocycles. The third-order valence-corrected chi connectivity index (χ3v) is 8.36.